The van der Waals surface area contributed by atoms with E-state index in [9.17, 15) is 8.42 Å². The van der Waals surface area contributed by atoms with E-state index in [1.165, 1.54) is 18.5 Å². The van der Waals surface area contributed by atoms with E-state index in [2.05, 4.69) is 25.0 Å². The topological polar surface area (TPSA) is 111 Å². The Balaban J connectivity index is 1.45. The normalized spacial score (nSPS) is 11.2. The third kappa shape index (κ3) is 4.86. The van der Waals surface area contributed by atoms with Crippen molar-refractivity contribution < 1.29 is 13.2 Å². The van der Waals surface area contributed by atoms with Crippen molar-refractivity contribution in [2.75, 3.05) is 16.6 Å². The molecule has 2 aromatic carbocycles. The molecule has 0 bridgehead atoms. The van der Waals surface area contributed by atoms with Gasteiger partial charge in [-0.2, -0.15) is 0 Å². The zero-order valence-electron chi connectivity index (χ0n) is 17.6. The molecule has 2 N–H and O–H groups in total. The Morgan fingerprint density at radius 3 is 2.34 bits per heavy atom. The van der Waals surface area contributed by atoms with Gasteiger partial charge < -0.3 is 10.1 Å². The summed E-state index contributed by atoms with van der Waals surface area (Å²) in [5.41, 5.74) is 1.20. The third-order valence-corrected chi connectivity index (χ3v) is 5.98. The van der Waals surface area contributed by atoms with Gasteiger partial charge in [-0.15, -0.1) is 0 Å². The van der Waals surface area contributed by atoms with E-state index in [1.54, 1.807) is 48.7 Å². The van der Waals surface area contributed by atoms with Crippen LogP contribution in [0.25, 0.3) is 5.82 Å². The van der Waals surface area contributed by atoms with Crippen LogP contribution in [-0.4, -0.2) is 34.5 Å². The summed E-state index contributed by atoms with van der Waals surface area (Å²) in [6.07, 6.45) is 5.00. The van der Waals surface area contributed by atoms with E-state index in [0.717, 1.165) is 11.5 Å². The molecule has 0 unspecified atom stereocenters. The molecule has 0 amide bonds. The van der Waals surface area contributed by atoms with Crippen LogP contribution in [0.5, 0.6) is 5.75 Å². The number of imidazole rings is 1. The van der Waals surface area contributed by atoms with Crippen molar-refractivity contribution in [1.29, 1.82) is 0 Å². The Hall–Kier alpha value is -3.92. The zero-order chi connectivity index (χ0) is 22.6. The predicted molar refractivity (Wildman–Crippen MR) is 122 cm³/mol. The van der Waals surface area contributed by atoms with E-state index < -0.39 is 10.0 Å². The maximum Gasteiger partial charge on any atom is 0.261 e. The van der Waals surface area contributed by atoms with Crippen LogP contribution in [0.1, 0.15) is 12.7 Å². The molecule has 2 heterocycles. The van der Waals surface area contributed by atoms with Crippen molar-refractivity contribution in [1.82, 2.24) is 19.5 Å². The quantitative estimate of drug-likeness (QED) is 0.419. The van der Waals surface area contributed by atoms with Gasteiger partial charge >= 0.3 is 0 Å². The minimum Gasteiger partial charge on any atom is -0.494 e. The van der Waals surface area contributed by atoms with Crippen LogP contribution >= 0.6 is 0 Å². The van der Waals surface area contributed by atoms with Crippen molar-refractivity contribution >= 4 is 27.2 Å². The maximum atomic E-state index is 12.6. The number of hydrogen-bond acceptors (Lipinski definition) is 7. The van der Waals surface area contributed by atoms with Gasteiger partial charge in [0.15, 0.2) is 0 Å². The molecule has 0 fully saturated rings. The number of rotatable bonds is 8. The van der Waals surface area contributed by atoms with Gasteiger partial charge in [-0.25, -0.2) is 23.4 Å². The number of ether oxygens (including phenoxy) is 1. The van der Waals surface area contributed by atoms with Crippen molar-refractivity contribution in [3.05, 3.63) is 79.1 Å². The monoisotopic (exact) mass is 450 g/mol. The van der Waals surface area contributed by atoms with Crippen molar-refractivity contribution in [3.8, 4) is 11.6 Å². The molecule has 2 aromatic heterocycles. The van der Waals surface area contributed by atoms with Crippen LogP contribution in [-0.2, 0) is 10.0 Å². The van der Waals surface area contributed by atoms with Gasteiger partial charge in [0.1, 0.15) is 29.5 Å². The number of aryl methyl sites for hydroxylation is 1. The van der Waals surface area contributed by atoms with E-state index in [4.69, 9.17) is 4.74 Å². The molecule has 9 nitrogen and oxygen atoms in total. The second-order valence-electron chi connectivity index (χ2n) is 6.82. The molecule has 0 saturated heterocycles. The highest BCUT2D eigenvalue weighted by Crippen LogP contribution is 2.22. The molecule has 4 rings (SSSR count). The molecule has 10 heteroatoms. The molecule has 32 heavy (non-hydrogen) atoms. The summed E-state index contributed by atoms with van der Waals surface area (Å²) in [6, 6.07) is 15.0. The first-order valence-electron chi connectivity index (χ1n) is 9.90. The fourth-order valence-corrected chi connectivity index (χ4v) is 4.09. The summed E-state index contributed by atoms with van der Waals surface area (Å²) in [7, 11) is -3.71. The highest BCUT2D eigenvalue weighted by atomic mass is 32.2. The number of hydrogen-bond donors (Lipinski definition) is 2. The van der Waals surface area contributed by atoms with Gasteiger partial charge in [-0.05, 0) is 62.4 Å². The van der Waals surface area contributed by atoms with Crippen LogP contribution < -0.4 is 14.8 Å². The molecular weight excluding hydrogens is 428 g/mol. The minimum absolute atomic E-state index is 0.159. The average Bonchev–Trinajstić information content (AvgIpc) is 3.22. The Morgan fingerprint density at radius 2 is 1.69 bits per heavy atom. The van der Waals surface area contributed by atoms with E-state index in [-0.39, 0.29) is 4.90 Å². The van der Waals surface area contributed by atoms with E-state index in [0.29, 0.717) is 29.7 Å². The van der Waals surface area contributed by atoms with Crippen molar-refractivity contribution in [3.63, 3.8) is 0 Å². The molecule has 0 saturated carbocycles. The summed E-state index contributed by atoms with van der Waals surface area (Å²) >= 11 is 0. The van der Waals surface area contributed by atoms with Crippen molar-refractivity contribution in [2.24, 2.45) is 0 Å². The van der Waals surface area contributed by atoms with Gasteiger partial charge in [-0.1, -0.05) is 0 Å². The largest absolute Gasteiger partial charge is 0.494 e. The number of anilines is 3. The first-order chi connectivity index (χ1) is 15.4. The second kappa shape index (κ2) is 9.06. The second-order valence-corrected chi connectivity index (χ2v) is 8.50. The van der Waals surface area contributed by atoms with Crippen LogP contribution in [0.4, 0.5) is 17.2 Å². The lowest BCUT2D eigenvalue weighted by atomic mass is 10.3. The standard InChI is InChI=1S/C22H22N6O3S/c1-3-31-19-8-10-20(11-9-19)32(29,30)27-18-6-4-17(5-7-18)26-21-14-22(25-15-24-21)28-13-12-23-16(28)2/h4-15,27H,3H2,1-2H3,(H,24,25,26). The summed E-state index contributed by atoms with van der Waals surface area (Å²) in [4.78, 5) is 12.9. The van der Waals surface area contributed by atoms with Crippen LogP contribution in [0, 0.1) is 6.92 Å². The Morgan fingerprint density at radius 1 is 0.969 bits per heavy atom. The first-order valence-corrected chi connectivity index (χ1v) is 11.4. The first kappa shape index (κ1) is 21.3. The van der Waals surface area contributed by atoms with Crippen LogP contribution in [0.2, 0.25) is 0 Å². The summed E-state index contributed by atoms with van der Waals surface area (Å²) < 4.78 is 35.0. The number of benzene rings is 2. The number of aromatic nitrogens is 4. The van der Waals surface area contributed by atoms with Gasteiger partial charge in [0.05, 0.1) is 11.5 Å². The third-order valence-electron chi connectivity index (χ3n) is 4.58. The van der Waals surface area contributed by atoms with Crippen molar-refractivity contribution in [2.45, 2.75) is 18.7 Å². The molecule has 0 aliphatic carbocycles. The smallest absolute Gasteiger partial charge is 0.261 e. The lowest BCUT2D eigenvalue weighted by Gasteiger charge is -2.11. The van der Waals surface area contributed by atoms with E-state index in [1.807, 2.05) is 24.6 Å². The molecule has 0 spiro atoms. The highest BCUT2D eigenvalue weighted by Gasteiger charge is 2.14. The average molecular weight is 451 g/mol. The minimum atomic E-state index is -3.71. The molecule has 164 valence electrons. The maximum absolute atomic E-state index is 12.6. The van der Waals surface area contributed by atoms with Gasteiger partial charge in [0.2, 0.25) is 0 Å². The number of sulfonamides is 1. The Kier molecular flexibility index (Phi) is 6.04. The molecule has 0 aliphatic heterocycles. The molecule has 0 aliphatic rings. The molecule has 4 aromatic rings. The van der Waals surface area contributed by atoms with Crippen LogP contribution in [0.15, 0.2) is 78.2 Å². The van der Waals surface area contributed by atoms with Crippen LogP contribution in [0.3, 0.4) is 0 Å². The van der Waals surface area contributed by atoms with Gasteiger partial charge in [-0.3, -0.25) is 9.29 Å². The SMILES string of the molecule is CCOc1ccc(S(=O)(=O)Nc2ccc(Nc3cc(-n4ccnc4C)ncn3)cc2)cc1. The van der Waals surface area contributed by atoms with Gasteiger partial charge in [0.25, 0.3) is 10.0 Å². The van der Waals surface area contributed by atoms with E-state index >= 15 is 0 Å². The fraction of sp³-hybridized carbons (Fsp3) is 0.136. The fourth-order valence-electron chi connectivity index (χ4n) is 3.03. The highest BCUT2D eigenvalue weighted by molar-refractivity contribution is 7.92. The molecule has 0 radical (unpaired) electrons. The van der Waals surface area contributed by atoms with Gasteiger partial charge in [0, 0.05) is 29.8 Å². The predicted octanol–water partition coefficient (Wildman–Crippen LogP) is 3.91. The lowest BCUT2D eigenvalue weighted by Crippen LogP contribution is -2.12. The number of nitrogens with one attached hydrogen (secondary N) is 2. The summed E-state index contributed by atoms with van der Waals surface area (Å²) in [5, 5.41) is 3.19. The Labute approximate surface area is 186 Å². The molecule has 0 atom stereocenters. The lowest BCUT2D eigenvalue weighted by molar-refractivity contribution is 0.340. The summed E-state index contributed by atoms with van der Waals surface area (Å²) in [6.45, 7) is 4.28. The summed E-state index contributed by atoms with van der Waals surface area (Å²) in [5.74, 6) is 2.74. The number of nitrogens with zero attached hydrogens (tertiary/aromatic N) is 4. The zero-order valence-corrected chi connectivity index (χ0v) is 18.4. The molecular formula is C22H22N6O3S. The Bertz CT molecular complexity index is 1300.